The van der Waals surface area contributed by atoms with Gasteiger partial charge in [-0.2, -0.15) is 0 Å². The van der Waals surface area contributed by atoms with Crippen molar-refractivity contribution < 1.29 is 9.47 Å². The van der Waals surface area contributed by atoms with Crippen LogP contribution in [0.5, 0.6) is 0 Å². The van der Waals surface area contributed by atoms with E-state index in [1.165, 1.54) is 0 Å². The van der Waals surface area contributed by atoms with Gasteiger partial charge in [0.25, 0.3) is 0 Å². The van der Waals surface area contributed by atoms with Crippen molar-refractivity contribution in [1.82, 2.24) is 0 Å². The van der Waals surface area contributed by atoms with E-state index in [1.807, 2.05) is 0 Å². The molecule has 2 unspecified atom stereocenters. The first-order chi connectivity index (χ1) is 6.74. The lowest BCUT2D eigenvalue weighted by atomic mass is 10.3. The maximum atomic E-state index is 5.63. The minimum atomic E-state index is -0.0735. The van der Waals surface area contributed by atoms with Gasteiger partial charge in [-0.3, -0.25) is 0 Å². The Morgan fingerprint density at radius 3 is 2.36 bits per heavy atom. The summed E-state index contributed by atoms with van der Waals surface area (Å²) in [6.07, 6.45) is 5.16. The van der Waals surface area contributed by atoms with Crippen LogP contribution in [-0.2, 0) is 9.47 Å². The van der Waals surface area contributed by atoms with E-state index in [-0.39, 0.29) is 11.7 Å². The van der Waals surface area contributed by atoms with Crippen LogP contribution >= 0.6 is 12.6 Å². The topological polar surface area (TPSA) is 18.5 Å². The standard InChI is InChI=1S/C11H24O2S/c1-4-7-9-12-10(6-3)13-11(14)8-5-2/h10-11,14H,4-9H2,1-3H3. The Morgan fingerprint density at radius 1 is 1.14 bits per heavy atom. The van der Waals surface area contributed by atoms with Crippen molar-refractivity contribution >= 4 is 12.6 Å². The lowest BCUT2D eigenvalue weighted by Gasteiger charge is -2.20. The molecular formula is C11H24O2S. The van der Waals surface area contributed by atoms with Crippen LogP contribution in [0.25, 0.3) is 0 Å². The fraction of sp³-hybridized carbons (Fsp3) is 1.00. The van der Waals surface area contributed by atoms with Crippen molar-refractivity contribution in [2.75, 3.05) is 6.61 Å². The van der Waals surface area contributed by atoms with Gasteiger partial charge in [0.1, 0.15) is 5.44 Å². The van der Waals surface area contributed by atoms with Crippen molar-refractivity contribution in [2.24, 2.45) is 0 Å². The minimum absolute atomic E-state index is 0.0200. The first kappa shape index (κ1) is 14.3. The lowest BCUT2D eigenvalue weighted by molar-refractivity contribution is -0.152. The lowest BCUT2D eigenvalue weighted by Crippen LogP contribution is -2.21. The van der Waals surface area contributed by atoms with E-state index in [4.69, 9.17) is 9.47 Å². The van der Waals surface area contributed by atoms with Crippen LogP contribution in [0.4, 0.5) is 0 Å². The van der Waals surface area contributed by atoms with Gasteiger partial charge in [0, 0.05) is 6.61 Å². The highest BCUT2D eigenvalue weighted by Gasteiger charge is 2.11. The molecule has 0 aliphatic heterocycles. The van der Waals surface area contributed by atoms with Gasteiger partial charge in [-0.05, 0) is 19.3 Å². The van der Waals surface area contributed by atoms with E-state index < -0.39 is 0 Å². The van der Waals surface area contributed by atoms with E-state index in [1.54, 1.807) is 0 Å². The first-order valence-electron chi connectivity index (χ1n) is 5.69. The molecule has 14 heavy (non-hydrogen) atoms. The van der Waals surface area contributed by atoms with Crippen LogP contribution in [0, 0.1) is 0 Å². The summed E-state index contributed by atoms with van der Waals surface area (Å²) in [6, 6.07) is 0. The van der Waals surface area contributed by atoms with Crippen LogP contribution in [0.1, 0.15) is 52.9 Å². The van der Waals surface area contributed by atoms with Gasteiger partial charge in [0.15, 0.2) is 6.29 Å². The molecule has 0 aliphatic rings. The number of unbranched alkanes of at least 4 members (excludes halogenated alkanes) is 1. The molecule has 0 aromatic carbocycles. The maximum absolute atomic E-state index is 5.63. The third-order valence-electron chi connectivity index (χ3n) is 1.98. The number of hydrogen-bond acceptors (Lipinski definition) is 3. The molecule has 0 fully saturated rings. The van der Waals surface area contributed by atoms with E-state index in [9.17, 15) is 0 Å². The van der Waals surface area contributed by atoms with Gasteiger partial charge >= 0.3 is 0 Å². The smallest absolute Gasteiger partial charge is 0.158 e. The van der Waals surface area contributed by atoms with Crippen molar-refractivity contribution in [1.29, 1.82) is 0 Å². The summed E-state index contributed by atoms with van der Waals surface area (Å²) >= 11 is 4.35. The summed E-state index contributed by atoms with van der Waals surface area (Å²) in [7, 11) is 0. The van der Waals surface area contributed by atoms with Crippen molar-refractivity contribution in [2.45, 2.75) is 64.6 Å². The molecule has 0 aromatic heterocycles. The van der Waals surface area contributed by atoms with Crippen molar-refractivity contribution in [3.8, 4) is 0 Å². The molecule has 0 saturated heterocycles. The molecular weight excluding hydrogens is 196 g/mol. The quantitative estimate of drug-likeness (QED) is 0.363. The normalized spacial score (nSPS) is 15.4. The zero-order valence-corrected chi connectivity index (χ0v) is 10.6. The van der Waals surface area contributed by atoms with Crippen molar-refractivity contribution in [3.63, 3.8) is 0 Å². The number of thiol groups is 1. The van der Waals surface area contributed by atoms with Crippen LogP contribution in [0.15, 0.2) is 0 Å². The fourth-order valence-corrected chi connectivity index (χ4v) is 1.50. The summed E-state index contributed by atoms with van der Waals surface area (Å²) in [4.78, 5) is 0. The van der Waals surface area contributed by atoms with Gasteiger partial charge in [0.05, 0.1) is 0 Å². The second-order valence-electron chi connectivity index (χ2n) is 3.44. The van der Waals surface area contributed by atoms with E-state index in [2.05, 4.69) is 33.4 Å². The van der Waals surface area contributed by atoms with Crippen LogP contribution in [-0.4, -0.2) is 18.3 Å². The largest absolute Gasteiger partial charge is 0.353 e. The molecule has 0 heterocycles. The van der Waals surface area contributed by atoms with Gasteiger partial charge in [-0.1, -0.05) is 33.6 Å². The zero-order valence-electron chi connectivity index (χ0n) is 9.66. The Kier molecular flexibility index (Phi) is 10.0. The summed E-state index contributed by atoms with van der Waals surface area (Å²) in [5.41, 5.74) is 0.0200. The predicted octanol–water partition coefficient (Wildman–Crippen LogP) is 3.61. The van der Waals surface area contributed by atoms with Gasteiger partial charge in [0.2, 0.25) is 0 Å². The van der Waals surface area contributed by atoms with E-state index in [0.717, 1.165) is 38.7 Å². The van der Waals surface area contributed by atoms with Gasteiger partial charge < -0.3 is 9.47 Å². The fourth-order valence-electron chi connectivity index (χ4n) is 1.10. The summed E-state index contributed by atoms with van der Waals surface area (Å²) in [6.45, 7) is 7.15. The number of hydrogen-bond donors (Lipinski definition) is 1. The van der Waals surface area contributed by atoms with Crippen LogP contribution < -0.4 is 0 Å². The molecule has 0 spiro atoms. The molecule has 0 radical (unpaired) electrons. The third kappa shape index (κ3) is 7.65. The summed E-state index contributed by atoms with van der Waals surface area (Å²) in [5, 5.41) is 0. The third-order valence-corrected chi connectivity index (χ3v) is 2.36. The second-order valence-corrected chi connectivity index (χ2v) is 4.02. The average Bonchev–Trinajstić information content (AvgIpc) is 2.17. The Bertz CT molecular complexity index is 120. The number of ether oxygens (including phenoxy) is 2. The Hall–Kier alpha value is 0.270. The Balaban J connectivity index is 3.55. The molecule has 0 aliphatic carbocycles. The monoisotopic (exact) mass is 220 g/mol. The SMILES string of the molecule is CCCCOC(CC)OC(S)CCC. The van der Waals surface area contributed by atoms with Crippen LogP contribution in [0.2, 0.25) is 0 Å². The first-order valence-corrected chi connectivity index (χ1v) is 6.21. The van der Waals surface area contributed by atoms with Crippen molar-refractivity contribution in [3.05, 3.63) is 0 Å². The van der Waals surface area contributed by atoms with Gasteiger partial charge in [-0.15, -0.1) is 12.6 Å². The molecule has 0 N–H and O–H groups in total. The Labute approximate surface area is 93.8 Å². The molecule has 0 saturated carbocycles. The highest BCUT2D eigenvalue weighted by atomic mass is 32.1. The molecule has 0 rings (SSSR count). The van der Waals surface area contributed by atoms with E-state index >= 15 is 0 Å². The van der Waals surface area contributed by atoms with Gasteiger partial charge in [-0.25, -0.2) is 0 Å². The Morgan fingerprint density at radius 2 is 1.86 bits per heavy atom. The summed E-state index contributed by atoms with van der Waals surface area (Å²) in [5.74, 6) is 0. The second kappa shape index (κ2) is 9.81. The van der Waals surface area contributed by atoms with Crippen LogP contribution in [0.3, 0.4) is 0 Å². The highest BCUT2D eigenvalue weighted by Crippen LogP contribution is 2.12. The molecule has 2 atom stereocenters. The molecule has 3 heteroatoms. The highest BCUT2D eigenvalue weighted by molar-refractivity contribution is 7.80. The average molecular weight is 220 g/mol. The molecule has 0 aromatic rings. The van der Waals surface area contributed by atoms with E-state index in [0.29, 0.717) is 0 Å². The molecule has 2 nitrogen and oxygen atoms in total. The maximum Gasteiger partial charge on any atom is 0.158 e. The zero-order chi connectivity index (χ0) is 10.8. The minimum Gasteiger partial charge on any atom is -0.353 e. The summed E-state index contributed by atoms with van der Waals surface area (Å²) < 4.78 is 11.2. The predicted molar refractivity (Wildman–Crippen MR) is 63.7 cm³/mol. The molecule has 0 amide bonds. The molecule has 0 bridgehead atoms. The molecule has 86 valence electrons. The number of rotatable bonds is 9.